The van der Waals surface area contributed by atoms with Crippen molar-refractivity contribution in [1.82, 2.24) is 9.55 Å². The van der Waals surface area contributed by atoms with Crippen LogP contribution in [0.2, 0.25) is 0 Å². The molecular formula is C27H20FN3O3S. The zero-order valence-corrected chi connectivity index (χ0v) is 19.5. The van der Waals surface area contributed by atoms with Gasteiger partial charge < -0.3 is 4.74 Å². The Morgan fingerprint density at radius 3 is 2.49 bits per heavy atom. The SMILES string of the molecule is CCOC(=O)C1=C(c2ccccc2)N=c2s/c(=C\c3ccncc3)c(=O)n2[C@H]1c1ccc(F)cc1. The molecule has 0 unspecified atom stereocenters. The summed E-state index contributed by atoms with van der Waals surface area (Å²) in [5.74, 6) is -0.989. The number of aromatic nitrogens is 2. The number of hydrogen-bond donors (Lipinski definition) is 0. The van der Waals surface area contributed by atoms with Crippen molar-refractivity contribution < 1.29 is 13.9 Å². The monoisotopic (exact) mass is 485 g/mol. The third kappa shape index (κ3) is 4.36. The van der Waals surface area contributed by atoms with Crippen LogP contribution in [0.15, 0.2) is 94.5 Å². The number of rotatable bonds is 5. The molecule has 35 heavy (non-hydrogen) atoms. The van der Waals surface area contributed by atoms with E-state index in [2.05, 4.69) is 4.98 Å². The van der Waals surface area contributed by atoms with Crippen molar-refractivity contribution >= 4 is 29.1 Å². The Hall–Kier alpha value is -4.17. The molecule has 1 aliphatic rings. The van der Waals surface area contributed by atoms with E-state index in [1.807, 2.05) is 30.3 Å². The lowest BCUT2D eigenvalue weighted by atomic mass is 9.93. The van der Waals surface area contributed by atoms with Crippen LogP contribution in [0.4, 0.5) is 4.39 Å². The first kappa shape index (κ1) is 22.6. The standard InChI is InChI=1S/C27H20FN3O3S/c1-2-34-26(33)22-23(18-6-4-3-5-7-18)30-27-31(24(22)19-8-10-20(28)11-9-19)25(32)21(35-27)16-17-12-14-29-15-13-17/h3-16,24H,2H2,1H3/b21-16-/t24-/m0/s1. The second kappa shape index (κ2) is 9.60. The first-order chi connectivity index (χ1) is 17.1. The second-order valence-corrected chi connectivity index (χ2v) is 8.77. The fourth-order valence-corrected chi connectivity index (χ4v) is 5.01. The number of esters is 1. The van der Waals surface area contributed by atoms with E-state index in [-0.39, 0.29) is 17.7 Å². The Labute approximate surface area is 204 Å². The molecule has 5 rings (SSSR count). The van der Waals surface area contributed by atoms with Crippen LogP contribution in [0.1, 0.15) is 29.7 Å². The van der Waals surface area contributed by atoms with Gasteiger partial charge in [-0.2, -0.15) is 0 Å². The van der Waals surface area contributed by atoms with Gasteiger partial charge in [-0.15, -0.1) is 0 Å². The van der Waals surface area contributed by atoms with Crippen LogP contribution in [-0.4, -0.2) is 22.1 Å². The zero-order valence-electron chi connectivity index (χ0n) is 18.7. The molecule has 0 saturated heterocycles. The van der Waals surface area contributed by atoms with Crippen LogP contribution >= 0.6 is 11.3 Å². The Morgan fingerprint density at radius 2 is 1.80 bits per heavy atom. The summed E-state index contributed by atoms with van der Waals surface area (Å²) in [5.41, 5.74) is 2.47. The average molecular weight is 486 g/mol. The van der Waals surface area contributed by atoms with Crippen LogP contribution in [0, 0.1) is 5.82 Å². The second-order valence-electron chi connectivity index (χ2n) is 7.76. The number of carbonyl (C=O) groups is 1. The van der Waals surface area contributed by atoms with Gasteiger partial charge in [-0.1, -0.05) is 53.8 Å². The molecule has 2 aromatic carbocycles. The highest BCUT2D eigenvalue weighted by molar-refractivity contribution is 7.07. The van der Waals surface area contributed by atoms with Gasteiger partial charge in [-0.05, 0) is 48.4 Å². The molecule has 0 fully saturated rings. The van der Waals surface area contributed by atoms with E-state index in [1.54, 1.807) is 49.7 Å². The third-order valence-corrected chi connectivity index (χ3v) is 6.55. The van der Waals surface area contributed by atoms with Gasteiger partial charge in [0.05, 0.1) is 28.5 Å². The van der Waals surface area contributed by atoms with E-state index in [1.165, 1.54) is 28.0 Å². The Kier molecular flexibility index (Phi) is 6.20. The predicted octanol–water partition coefficient (Wildman–Crippen LogP) is 3.47. The first-order valence-corrected chi connectivity index (χ1v) is 11.8. The van der Waals surface area contributed by atoms with Crippen LogP contribution < -0.4 is 14.9 Å². The summed E-state index contributed by atoms with van der Waals surface area (Å²) in [6.07, 6.45) is 5.07. The summed E-state index contributed by atoms with van der Waals surface area (Å²) in [7, 11) is 0. The van der Waals surface area contributed by atoms with Gasteiger partial charge in [0.2, 0.25) is 0 Å². The topological polar surface area (TPSA) is 73.6 Å². The molecule has 0 radical (unpaired) electrons. The van der Waals surface area contributed by atoms with Crippen LogP contribution in [0.25, 0.3) is 11.8 Å². The number of carbonyl (C=O) groups excluding carboxylic acids is 1. The van der Waals surface area contributed by atoms with Gasteiger partial charge in [0.25, 0.3) is 5.56 Å². The molecule has 2 aromatic heterocycles. The maximum absolute atomic E-state index is 13.8. The summed E-state index contributed by atoms with van der Waals surface area (Å²) in [4.78, 5) is 36.2. The van der Waals surface area contributed by atoms with Crippen LogP contribution in [-0.2, 0) is 9.53 Å². The molecule has 4 aromatic rings. The molecule has 1 atom stereocenters. The minimum atomic E-state index is -0.833. The molecule has 0 saturated carbocycles. The lowest BCUT2D eigenvalue weighted by molar-refractivity contribution is -0.138. The fraction of sp³-hybridized carbons (Fsp3) is 0.111. The van der Waals surface area contributed by atoms with E-state index in [0.717, 1.165) is 11.1 Å². The molecule has 0 amide bonds. The maximum Gasteiger partial charge on any atom is 0.338 e. The molecule has 3 heterocycles. The molecule has 1 aliphatic heterocycles. The largest absolute Gasteiger partial charge is 0.463 e. The Balaban J connectivity index is 1.84. The Bertz CT molecular complexity index is 1590. The quantitative estimate of drug-likeness (QED) is 0.406. The molecule has 0 spiro atoms. The van der Waals surface area contributed by atoms with Gasteiger partial charge in [-0.3, -0.25) is 14.3 Å². The predicted molar refractivity (Wildman–Crippen MR) is 132 cm³/mol. The van der Waals surface area contributed by atoms with Gasteiger partial charge in [0, 0.05) is 18.0 Å². The number of fused-ring (bicyclic) bond motifs is 1. The zero-order chi connectivity index (χ0) is 24.4. The summed E-state index contributed by atoms with van der Waals surface area (Å²) < 4.78 is 21.2. The number of thiazole rings is 1. The van der Waals surface area contributed by atoms with Crippen molar-refractivity contribution in [3.05, 3.63) is 127 Å². The summed E-state index contributed by atoms with van der Waals surface area (Å²) in [6, 6.07) is 17.8. The van der Waals surface area contributed by atoms with Crippen molar-refractivity contribution in [3.63, 3.8) is 0 Å². The smallest absolute Gasteiger partial charge is 0.338 e. The van der Waals surface area contributed by atoms with Crippen LogP contribution in [0.5, 0.6) is 0 Å². The maximum atomic E-state index is 13.8. The number of nitrogens with zero attached hydrogens (tertiary/aromatic N) is 3. The fourth-order valence-electron chi connectivity index (χ4n) is 4.01. The molecule has 0 aliphatic carbocycles. The summed E-state index contributed by atoms with van der Waals surface area (Å²) in [6.45, 7) is 1.88. The van der Waals surface area contributed by atoms with Gasteiger partial charge in [-0.25, -0.2) is 14.2 Å². The molecule has 0 N–H and O–H groups in total. The van der Waals surface area contributed by atoms with Crippen molar-refractivity contribution in [2.45, 2.75) is 13.0 Å². The van der Waals surface area contributed by atoms with Crippen LogP contribution in [0.3, 0.4) is 0 Å². The van der Waals surface area contributed by atoms with Gasteiger partial charge in [0.1, 0.15) is 5.82 Å². The minimum Gasteiger partial charge on any atom is -0.463 e. The van der Waals surface area contributed by atoms with Gasteiger partial charge in [0.15, 0.2) is 4.80 Å². The number of hydrogen-bond acceptors (Lipinski definition) is 6. The third-order valence-electron chi connectivity index (χ3n) is 5.56. The van der Waals surface area contributed by atoms with Crippen molar-refractivity contribution in [2.24, 2.45) is 4.99 Å². The molecule has 174 valence electrons. The number of halogens is 1. The molecule has 8 heteroatoms. The van der Waals surface area contributed by atoms with E-state index < -0.39 is 17.8 Å². The highest BCUT2D eigenvalue weighted by Crippen LogP contribution is 2.35. The van der Waals surface area contributed by atoms with Crippen molar-refractivity contribution in [2.75, 3.05) is 6.61 Å². The first-order valence-electron chi connectivity index (χ1n) is 11.0. The molecule has 6 nitrogen and oxygen atoms in total. The van der Waals surface area contributed by atoms with E-state index in [4.69, 9.17) is 9.73 Å². The Morgan fingerprint density at radius 1 is 1.09 bits per heavy atom. The lowest BCUT2D eigenvalue weighted by Gasteiger charge is -2.25. The lowest BCUT2D eigenvalue weighted by Crippen LogP contribution is -2.40. The molecule has 0 bridgehead atoms. The number of ether oxygens (including phenoxy) is 1. The average Bonchev–Trinajstić information content (AvgIpc) is 3.19. The number of pyridine rings is 1. The van der Waals surface area contributed by atoms with E-state index in [9.17, 15) is 14.0 Å². The minimum absolute atomic E-state index is 0.160. The highest BCUT2D eigenvalue weighted by Gasteiger charge is 2.35. The number of benzene rings is 2. The van der Waals surface area contributed by atoms with E-state index in [0.29, 0.717) is 20.6 Å². The van der Waals surface area contributed by atoms with Crippen molar-refractivity contribution in [3.8, 4) is 0 Å². The van der Waals surface area contributed by atoms with Crippen molar-refractivity contribution in [1.29, 1.82) is 0 Å². The highest BCUT2D eigenvalue weighted by atomic mass is 32.1. The normalized spacial score (nSPS) is 15.5. The molecular weight excluding hydrogens is 465 g/mol. The van der Waals surface area contributed by atoms with E-state index >= 15 is 0 Å². The summed E-state index contributed by atoms with van der Waals surface area (Å²) in [5, 5.41) is 0. The van der Waals surface area contributed by atoms with Gasteiger partial charge >= 0.3 is 5.97 Å². The summed E-state index contributed by atoms with van der Waals surface area (Å²) >= 11 is 1.23.